The van der Waals surface area contributed by atoms with Crippen LogP contribution in [0.2, 0.25) is 0 Å². The quantitative estimate of drug-likeness (QED) is 0.423. The number of benzene rings is 1. The summed E-state index contributed by atoms with van der Waals surface area (Å²) in [6.07, 6.45) is 7.76. The summed E-state index contributed by atoms with van der Waals surface area (Å²) in [7, 11) is 4.20. The van der Waals surface area contributed by atoms with E-state index in [4.69, 9.17) is 19.9 Å². The van der Waals surface area contributed by atoms with Crippen molar-refractivity contribution in [1.82, 2.24) is 10.2 Å². The molecular formula is C23H34FN3O3. The van der Waals surface area contributed by atoms with Crippen LogP contribution in [0.5, 0.6) is 5.75 Å². The molecule has 1 aliphatic carbocycles. The fourth-order valence-corrected chi connectivity index (χ4v) is 3.88. The maximum Gasteiger partial charge on any atom is 0.142 e. The first-order chi connectivity index (χ1) is 14.6. The summed E-state index contributed by atoms with van der Waals surface area (Å²) in [6, 6.07) is 6.27. The number of alkyl halides is 1. The van der Waals surface area contributed by atoms with Gasteiger partial charge in [-0.2, -0.15) is 0 Å². The van der Waals surface area contributed by atoms with Crippen LogP contribution in [0, 0.1) is 5.92 Å². The minimum absolute atomic E-state index is 0.114. The van der Waals surface area contributed by atoms with Gasteiger partial charge in [0.1, 0.15) is 19.0 Å². The van der Waals surface area contributed by atoms with Crippen molar-refractivity contribution in [3.63, 3.8) is 0 Å². The number of rotatable bonds is 11. The van der Waals surface area contributed by atoms with Crippen molar-refractivity contribution in [3.05, 3.63) is 47.3 Å². The lowest BCUT2D eigenvalue weighted by atomic mass is 9.83. The van der Waals surface area contributed by atoms with Crippen LogP contribution in [0.1, 0.15) is 30.9 Å². The number of nitrogens with one attached hydrogen (secondary N) is 1. The monoisotopic (exact) mass is 419 g/mol. The highest BCUT2D eigenvalue weighted by Crippen LogP contribution is 2.38. The number of halogens is 1. The van der Waals surface area contributed by atoms with Crippen molar-refractivity contribution in [1.29, 1.82) is 0 Å². The lowest BCUT2D eigenvalue weighted by Gasteiger charge is -2.37. The van der Waals surface area contributed by atoms with Crippen LogP contribution >= 0.6 is 0 Å². The summed E-state index contributed by atoms with van der Waals surface area (Å²) in [5.41, 5.74) is 10.6. The van der Waals surface area contributed by atoms with Gasteiger partial charge in [-0.1, -0.05) is 6.07 Å². The van der Waals surface area contributed by atoms with Crippen molar-refractivity contribution in [2.75, 3.05) is 59.5 Å². The molecule has 2 atom stereocenters. The van der Waals surface area contributed by atoms with Gasteiger partial charge in [0, 0.05) is 31.4 Å². The van der Waals surface area contributed by atoms with Gasteiger partial charge in [-0.05, 0) is 49.1 Å². The van der Waals surface area contributed by atoms with Gasteiger partial charge < -0.3 is 30.2 Å². The molecule has 3 N–H and O–H groups in total. The molecule has 1 aromatic rings. The van der Waals surface area contributed by atoms with Gasteiger partial charge >= 0.3 is 0 Å². The van der Waals surface area contributed by atoms with Crippen molar-refractivity contribution in [2.45, 2.75) is 25.3 Å². The smallest absolute Gasteiger partial charge is 0.142 e. The summed E-state index contributed by atoms with van der Waals surface area (Å²) in [5.74, 6) is 1.25. The van der Waals surface area contributed by atoms with E-state index in [-0.39, 0.29) is 12.6 Å². The second-order valence-electron chi connectivity index (χ2n) is 7.91. The molecule has 166 valence electrons. The van der Waals surface area contributed by atoms with E-state index in [2.05, 4.69) is 42.5 Å². The Morgan fingerprint density at radius 1 is 1.07 bits per heavy atom. The molecule has 0 aromatic heterocycles. The zero-order chi connectivity index (χ0) is 21.3. The van der Waals surface area contributed by atoms with Crippen molar-refractivity contribution < 1.29 is 18.6 Å². The van der Waals surface area contributed by atoms with Gasteiger partial charge in [0.15, 0.2) is 0 Å². The molecular weight excluding hydrogens is 385 g/mol. The van der Waals surface area contributed by atoms with Crippen LogP contribution in [0.15, 0.2) is 41.7 Å². The molecule has 30 heavy (non-hydrogen) atoms. The van der Waals surface area contributed by atoms with Gasteiger partial charge in [-0.25, -0.2) is 4.39 Å². The van der Waals surface area contributed by atoms with Crippen molar-refractivity contribution in [2.24, 2.45) is 5.92 Å². The minimum atomic E-state index is -0.472. The largest absolute Gasteiger partial charge is 0.489 e. The van der Waals surface area contributed by atoms with Gasteiger partial charge in [-0.15, -0.1) is 0 Å². The molecule has 0 amide bonds. The number of ether oxygens (including phenoxy) is 3. The molecule has 1 aromatic carbocycles. The zero-order valence-electron chi connectivity index (χ0n) is 18.0. The Balaban J connectivity index is 1.51. The number of hydrogen-bond acceptors (Lipinski definition) is 6. The Bertz CT molecular complexity index is 751. The molecule has 1 aliphatic heterocycles. The lowest BCUT2D eigenvalue weighted by molar-refractivity contribution is 0.0326. The Labute approximate surface area is 178 Å². The third kappa shape index (κ3) is 6.12. The van der Waals surface area contributed by atoms with E-state index in [1.807, 2.05) is 12.1 Å². The van der Waals surface area contributed by atoms with E-state index >= 15 is 0 Å². The Morgan fingerprint density at radius 2 is 1.83 bits per heavy atom. The highest BCUT2D eigenvalue weighted by Gasteiger charge is 2.28. The first kappa shape index (κ1) is 22.4. The molecule has 0 bridgehead atoms. The summed E-state index contributed by atoms with van der Waals surface area (Å²) in [6.45, 7) is 1.28. The number of nitrogens with zero attached hydrogens (tertiary/aromatic N) is 1. The molecule has 0 unspecified atom stereocenters. The predicted molar refractivity (Wildman–Crippen MR) is 117 cm³/mol. The standard InChI is InChI=1S/C23H34FN3O3/c1-27(2)19-5-8-22-17(15-19)4-7-21(26-22)18-3-6-20(25)23(16-18)30-14-13-29-12-11-28-10-9-24/h3,5-6,8,16-17,21,26H,4,7,9-15,25H2,1-2H3/t17-,21+/m1/s1. The molecule has 6 nitrogen and oxygen atoms in total. The third-order valence-corrected chi connectivity index (χ3v) is 5.59. The van der Waals surface area contributed by atoms with E-state index in [1.165, 1.54) is 17.0 Å². The summed E-state index contributed by atoms with van der Waals surface area (Å²) in [4.78, 5) is 2.20. The minimum Gasteiger partial charge on any atom is -0.489 e. The van der Waals surface area contributed by atoms with Crippen LogP contribution in [0.3, 0.4) is 0 Å². The average molecular weight is 420 g/mol. The van der Waals surface area contributed by atoms with Crippen molar-refractivity contribution in [3.8, 4) is 5.75 Å². The van der Waals surface area contributed by atoms with Crippen LogP contribution < -0.4 is 15.8 Å². The normalized spacial score (nSPS) is 20.6. The molecule has 3 rings (SSSR count). The molecule has 2 aliphatic rings. The fraction of sp³-hybridized carbons (Fsp3) is 0.565. The third-order valence-electron chi connectivity index (χ3n) is 5.59. The number of anilines is 1. The van der Waals surface area contributed by atoms with E-state index in [9.17, 15) is 4.39 Å². The van der Waals surface area contributed by atoms with Crippen LogP contribution in [0.25, 0.3) is 0 Å². The summed E-state index contributed by atoms with van der Waals surface area (Å²) in [5, 5.41) is 3.71. The lowest BCUT2D eigenvalue weighted by Crippen LogP contribution is -2.33. The number of allylic oxidation sites excluding steroid dienone is 4. The van der Waals surface area contributed by atoms with E-state index < -0.39 is 6.67 Å². The molecule has 1 heterocycles. The number of nitrogens with two attached hydrogens (primary N) is 1. The second kappa shape index (κ2) is 11.2. The Kier molecular flexibility index (Phi) is 8.39. The Hall–Kier alpha value is -2.25. The molecule has 1 saturated heterocycles. The maximum absolute atomic E-state index is 11.9. The van der Waals surface area contributed by atoms with Gasteiger partial charge in [0.2, 0.25) is 0 Å². The SMILES string of the molecule is CN(C)C1=CC=C2N[C@H](c3ccc(N)c(OCCOCCOCCF)c3)CC[C@@H]2C1. The molecule has 0 saturated carbocycles. The van der Waals surface area contributed by atoms with Crippen LogP contribution in [-0.4, -0.2) is 58.7 Å². The predicted octanol–water partition coefficient (Wildman–Crippen LogP) is 3.42. The van der Waals surface area contributed by atoms with Gasteiger partial charge in [0.25, 0.3) is 0 Å². The summed E-state index contributed by atoms with van der Waals surface area (Å²) < 4.78 is 28.2. The van der Waals surface area contributed by atoms with Crippen molar-refractivity contribution >= 4 is 5.69 Å². The number of hydrogen-bond donors (Lipinski definition) is 2. The first-order valence-electron chi connectivity index (χ1n) is 10.7. The number of piperidine rings is 1. The van der Waals surface area contributed by atoms with E-state index in [0.29, 0.717) is 43.8 Å². The van der Waals surface area contributed by atoms with E-state index in [1.54, 1.807) is 0 Å². The highest BCUT2D eigenvalue weighted by molar-refractivity contribution is 5.54. The van der Waals surface area contributed by atoms with Crippen LogP contribution in [0.4, 0.5) is 10.1 Å². The number of nitrogen functional groups attached to an aromatic ring is 1. The average Bonchev–Trinajstić information content (AvgIpc) is 2.76. The van der Waals surface area contributed by atoms with E-state index in [0.717, 1.165) is 19.3 Å². The molecule has 0 spiro atoms. The first-order valence-corrected chi connectivity index (χ1v) is 10.7. The van der Waals surface area contributed by atoms with Gasteiger partial charge in [-0.3, -0.25) is 0 Å². The fourth-order valence-electron chi connectivity index (χ4n) is 3.88. The molecule has 7 heteroatoms. The van der Waals surface area contributed by atoms with Gasteiger partial charge in [0.05, 0.1) is 38.2 Å². The maximum atomic E-state index is 11.9. The Morgan fingerprint density at radius 3 is 2.60 bits per heavy atom. The van der Waals surface area contributed by atoms with Crippen LogP contribution in [-0.2, 0) is 9.47 Å². The summed E-state index contributed by atoms with van der Waals surface area (Å²) >= 11 is 0. The second-order valence-corrected chi connectivity index (χ2v) is 7.91. The topological polar surface area (TPSA) is 69.0 Å². The highest BCUT2D eigenvalue weighted by atomic mass is 19.1. The zero-order valence-corrected chi connectivity index (χ0v) is 18.0. The number of fused-ring (bicyclic) bond motifs is 1. The molecule has 0 radical (unpaired) electrons. The molecule has 1 fully saturated rings.